The number of aromatic nitrogens is 1. The number of pyridine rings is 1. The molecular weight excluding hydrogens is 465 g/mol. The monoisotopic (exact) mass is 495 g/mol. The van der Waals surface area contributed by atoms with Crippen molar-refractivity contribution in [2.45, 2.75) is 32.2 Å². The standard InChI is InChI=1S/C18H30ClN5O.HI/c1-3-20-18(21-9-8-15-6-7-17(19)22-13-15)23-14-16-5-4-10-24(16)11-12-25-2;/h6-7,13,16H,3-5,8-12,14H2,1-2H3,(H2,20,21,23);1H. The SMILES string of the molecule is CCNC(=NCC1CCCN1CCOC)NCCc1ccc(Cl)nc1.I. The second-order valence-electron chi connectivity index (χ2n) is 6.21. The highest BCUT2D eigenvalue weighted by Crippen LogP contribution is 2.16. The van der Waals surface area contributed by atoms with E-state index in [0.717, 1.165) is 57.3 Å². The molecule has 1 aromatic rings. The van der Waals surface area contributed by atoms with Gasteiger partial charge in [0.2, 0.25) is 0 Å². The average molecular weight is 496 g/mol. The summed E-state index contributed by atoms with van der Waals surface area (Å²) in [5.74, 6) is 0.878. The smallest absolute Gasteiger partial charge is 0.191 e. The molecule has 2 rings (SSSR count). The van der Waals surface area contributed by atoms with E-state index in [0.29, 0.717) is 11.2 Å². The van der Waals surface area contributed by atoms with E-state index in [1.165, 1.54) is 12.8 Å². The Hall–Kier alpha value is -0.640. The fourth-order valence-corrected chi connectivity index (χ4v) is 3.13. The molecule has 148 valence electrons. The summed E-state index contributed by atoms with van der Waals surface area (Å²) in [5, 5.41) is 7.25. The lowest BCUT2D eigenvalue weighted by Crippen LogP contribution is -2.40. The number of nitrogens with one attached hydrogen (secondary N) is 2. The van der Waals surface area contributed by atoms with Crippen LogP contribution in [0, 0.1) is 0 Å². The van der Waals surface area contributed by atoms with Crippen LogP contribution in [0.5, 0.6) is 0 Å². The Bertz CT molecular complexity index is 529. The van der Waals surface area contributed by atoms with Gasteiger partial charge < -0.3 is 15.4 Å². The van der Waals surface area contributed by atoms with Gasteiger partial charge >= 0.3 is 0 Å². The zero-order chi connectivity index (χ0) is 17.9. The summed E-state index contributed by atoms with van der Waals surface area (Å²) in [5.41, 5.74) is 1.16. The number of aliphatic imine (C=N–C) groups is 1. The van der Waals surface area contributed by atoms with Gasteiger partial charge in [0, 0.05) is 39.0 Å². The maximum Gasteiger partial charge on any atom is 0.191 e. The molecule has 6 nitrogen and oxygen atoms in total. The van der Waals surface area contributed by atoms with Crippen molar-refractivity contribution in [3.8, 4) is 0 Å². The molecule has 1 fully saturated rings. The number of hydrogen-bond donors (Lipinski definition) is 2. The van der Waals surface area contributed by atoms with Gasteiger partial charge in [0.1, 0.15) is 5.15 Å². The first kappa shape index (κ1) is 23.4. The van der Waals surface area contributed by atoms with E-state index in [1.807, 2.05) is 18.3 Å². The molecule has 1 aliphatic heterocycles. The Balaban J connectivity index is 0.00000338. The first-order chi connectivity index (χ1) is 12.2. The van der Waals surface area contributed by atoms with Gasteiger partial charge in [-0.25, -0.2) is 4.98 Å². The molecule has 1 atom stereocenters. The van der Waals surface area contributed by atoms with E-state index in [4.69, 9.17) is 21.3 Å². The van der Waals surface area contributed by atoms with Crippen LogP contribution in [-0.2, 0) is 11.2 Å². The van der Waals surface area contributed by atoms with E-state index in [1.54, 1.807) is 7.11 Å². The molecule has 8 heteroatoms. The van der Waals surface area contributed by atoms with Crippen LogP contribution < -0.4 is 10.6 Å². The average Bonchev–Trinajstić information content (AvgIpc) is 3.07. The molecule has 2 heterocycles. The van der Waals surface area contributed by atoms with Gasteiger partial charge in [0.25, 0.3) is 0 Å². The molecule has 0 saturated carbocycles. The minimum Gasteiger partial charge on any atom is -0.383 e. The van der Waals surface area contributed by atoms with Crippen LogP contribution in [-0.4, -0.2) is 68.3 Å². The van der Waals surface area contributed by atoms with Crippen molar-refractivity contribution >= 4 is 41.5 Å². The molecule has 0 bridgehead atoms. The maximum atomic E-state index is 5.82. The number of halogens is 2. The van der Waals surface area contributed by atoms with Crippen LogP contribution in [0.1, 0.15) is 25.3 Å². The quantitative estimate of drug-likeness (QED) is 0.239. The Kier molecular flexibility index (Phi) is 12.2. The lowest BCUT2D eigenvalue weighted by Gasteiger charge is -2.23. The summed E-state index contributed by atoms with van der Waals surface area (Å²) in [6.07, 6.45) is 5.17. The zero-order valence-electron chi connectivity index (χ0n) is 15.7. The molecule has 1 saturated heterocycles. The molecule has 26 heavy (non-hydrogen) atoms. The van der Waals surface area contributed by atoms with Crippen molar-refractivity contribution in [2.75, 3.05) is 46.4 Å². The van der Waals surface area contributed by atoms with E-state index in [9.17, 15) is 0 Å². The minimum absolute atomic E-state index is 0. The lowest BCUT2D eigenvalue weighted by atomic mass is 10.2. The molecular formula is C18H31ClIN5O. The van der Waals surface area contributed by atoms with Crippen LogP contribution >= 0.6 is 35.6 Å². The number of nitrogens with zero attached hydrogens (tertiary/aromatic N) is 3. The van der Waals surface area contributed by atoms with Crippen LogP contribution in [0.15, 0.2) is 23.3 Å². The highest BCUT2D eigenvalue weighted by molar-refractivity contribution is 14.0. The van der Waals surface area contributed by atoms with Crippen molar-refractivity contribution < 1.29 is 4.74 Å². The Morgan fingerprint density at radius 1 is 1.42 bits per heavy atom. The van der Waals surface area contributed by atoms with Crippen LogP contribution in [0.25, 0.3) is 0 Å². The molecule has 0 radical (unpaired) electrons. The first-order valence-corrected chi connectivity index (χ1v) is 9.46. The largest absolute Gasteiger partial charge is 0.383 e. The van der Waals surface area contributed by atoms with Crippen LogP contribution in [0.3, 0.4) is 0 Å². The van der Waals surface area contributed by atoms with Gasteiger partial charge in [-0.2, -0.15) is 0 Å². The third kappa shape index (κ3) is 8.37. The Labute approximate surface area is 179 Å². The minimum atomic E-state index is 0. The number of guanidine groups is 1. The van der Waals surface area contributed by atoms with Crippen molar-refractivity contribution in [3.63, 3.8) is 0 Å². The molecule has 0 spiro atoms. The second-order valence-corrected chi connectivity index (χ2v) is 6.60. The van der Waals surface area contributed by atoms with E-state index < -0.39 is 0 Å². The number of methoxy groups -OCH3 is 1. The van der Waals surface area contributed by atoms with Crippen LogP contribution in [0.4, 0.5) is 0 Å². The van der Waals surface area contributed by atoms with Gasteiger partial charge in [0.15, 0.2) is 5.96 Å². The lowest BCUT2D eigenvalue weighted by molar-refractivity contribution is 0.142. The van der Waals surface area contributed by atoms with E-state index >= 15 is 0 Å². The topological polar surface area (TPSA) is 61.8 Å². The fourth-order valence-electron chi connectivity index (χ4n) is 3.02. The number of likely N-dealkylation sites (tertiary alicyclic amines) is 1. The summed E-state index contributed by atoms with van der Waals surface area (Å²) in [7, 11) is 1.76. The fraction of sp³-hybridized carbons (Fsp3) is 0.667. The number of hydrogen-bond acceptors (Lipinski definition) is 4. The first-order valence-electron chi connectivity index (χ1n) is 9.08. The molecule has 1 aliphatic rings. The van der Waals surface area contributed by atoms with Gasteiger partial charge in [-0.15, -0.1) is 24.0 Å². The maximum absolute atomic E-state index is 5.82. The molecule has 1 unspecified atom stereocenters. The third-order valence-corrected chi connectivity index (χ3v) is 4.60. The van der Waals surface area contributed by atoms with Crippen molar-refractivity contribution in [3.05, 3.63) is 29.0 Å². The Morgan fingerprint density at radius 3 is 2.96 bits per heavy atom. The van der Waals surface area contributed by atoms with Crippen molar-refractivity contribution in [1.29, 1.82) is 0 Å². The van der Waals surface area contributed by atoms with Gasteiger partial charge in [-0.3, -0.25) is 9.89 Å². The van der Waals surface area contributed by atoms with Crippen LogP contribution in [0.2, 0.25) is 5.15 Å². The molecule has 0 aliphatic carbocycles. The van der Waals surface area contributed by atoms with Gasteiger partial charge in [-0.1, -0.05) is 17.7 Å². The normalized spacial score (nSPS) is 17.8. The summed E-state index contributed by atoms with van der Waals surface area (Å²) in [6, 6.07) is 4.35. The third-order valence-electron chi connectivity index (χ3n) is 4.38. The van der Waals surface area contributed by atoms with E-state index in [-0.39, 0.29) is 24.0 Å². The predicted octanol–water partition coefficient (Wildman–Crippen LogP) is 2.56. The molecule has 1 aromatic heterocycles. The Morgan fingerprint density at radius 2 is 2.27 bits per heavy atom. The summed E-state index contributed by atoms with van der Waals surface area (Å²) >= 11 is 5.82. The molecule has 0 amide bonds. The second kappa shape index (κ2) is 13.5. The summed E-state index contributed by atoms with van der Waals surface area (Å²) < 4.78 is 5.20. The van der Waals surface area contributed by atoms with Crippen molar-refractivity contribution in [1.82, 2.24) is 20.5 Å². The van der Waals surface area contributed by atoms with E-state index in [2.05, 4.69) is 27.4 Å². The van der Waals surface area contributed by atoms with Gasteiger partial charge in [0.05, 0.1) is 13.2 Å². The zero-order valence-corrected chi connectivity index (χ0v) is 18.8. The highest BCUT2D eigenvalue weighted by atomic mass is 127. The molecule has 2 N–H and O–H groups in total. The summed E-state index contributed by atoms with van der Waals surface area (Å²) in [6.45, 7) is 7.50. The molecule has 0 aromatic carbocycles. The number of rotatable bonds is 9. The predicted molar refractivity (Wildman–Crippen MR) is 119 cm³/mol. The highest BCUT2D eigenvalue weighted by Gasteiger charge is 2.23. The van der Waals surface area contributed by atoms with Crippen molar-refractivity contribution in [2.24, 2.45) is 4.99 Å². The number of ether oxygens (including phenoxy) is 1. The summed E-state index contributed by atoms with van der Waals surface area (Å²) in [4.78, 5) is 11.4. The van der Waals surface area contributed by atoms with Gasteiger partial charge in [-0.05, 0) is 44.4 Å².